The highest BCUT2D eigenvalue weighted by Crippen LogP contribution is 2.22. The van der Waals surface area contributed by atoms with E-state index in [0.717, 1.165) is 4.90 Å². The SMILES string of the molecule is CN1CCC(N(CCN)CC(F)(F)F)C1=O. The summed E-state index contributed by atoms with van der Waals surface area (Å²) < 4.78 is 36.9. The number of alkyl halides is 3. The molecule has 7 heteroatoms. The molecule has 1 atom stereocenters. The predicted octanol–water partition coefficient (Wildman–Crippen LogP) is 0.0401. The van der Waals surface area contributed by atoms with Crippen LogP contribution in [0.2, 0.25) is 0 Å². The third-order valence-electron chi connectivity index (χ3n) is 2.64. The van der Waals surface area contributed by atoms with E-state index < -0.39 is 18.8 Å². The molecular formula is C9H16F3N3O. The van der Waals surface area contributed by atoms with E-state index in [2.05, 4.69) is 0 Å². The van der Waals surface area contributed by atoms with Crippen molar-refractivity contribution in [1.82, 2.24) is 9.80 Å². The Morgan fingerprint density at radius 1 is 1.56 bits per heavy atom. The average Bonchev–Trinajstić information content (AvgIpc) is 2.45. The first kappa shape index (κ1) is 13.2. The van der Waals surface area contributed by atoms with Gasteiger partial charge < -0.3 is 10.6 Å². The number of nitrogens with zero attached hydrogens (tertiary/aromatic N) is 2. The molecule has 1 amide bonds. The minimum absolute atomic E-state index is 0.0871. The molecule has 16 heavy (non-hydrogen) atoms. The lowest BCUT2D eigenvalue weighted by molar-refractivity contribution is -0.154. The van der Waals surface area contributed by atoms with Crippen LogP contribution in [-0.4, -0.2) is 61.2 Å². The zero-order chi connectivity index (χ0) is 12.3. The van der Waals surface area contributed by atoms with Gasteiger partial charge in [0.2, 0.25) is 5.91 Å². The van der Waals surface area contributed by atoms with Crippen LogP contribution < -0.4 is 5.73 Å². The Labute approximate surface area is 92.2 Å². The summed E-state index contributed by atoms with van der Waals surface area (Å²) in [5.41, 5.74) is 5.26. The zero-order valence-corrected chi connectivity index (χ0v) is 9.13. The van der Waals surface area contributed by atoms with Gasteiger partial charge in [0.15, 0.2) is 0 Å². The molecule has 0 bridgehead atoms. The topological polar surface area (TPSA) is 49.6 Å². The third-order valence-corrected chi connectivity index (χ3v) is 2.64. The highest BCUT2D eigenvalue weighted by atomic mass is 19.4. The van der Waals surface area contributed by atoms with Gasteiger partial charge in [0.05, 0.1) is 12.6 Å². The molecule has 1 heterocycles. The van der Waals surface area contributed by atoms with Crippen LogP contribution in [0.4, 0.5) is 13.2 Å². The summed E-state index contributed by atoms with van der Waals surface area (Å²) in [5.74, 6) is -0.252. The number of likely N-dealkylation sites (tertiary alicyclic amines) is 1. The first-order valence-electron chi connectivity index (χ1n) is 5.11. The largest absolute Gasteiger partial charge is 0.401 e. The van der Waals surface area contributed by atoms with Crippen LogP contribution in [0.15, 0.2) is 0 Å². The van der Waals surface area contributed by atoms with Crippen molar-refractivity contribution in [2.45, 2.75) is 18.6 Å². The van der Waals surface area contributed by atoms with Gasteiger partial charge >= 0.3 is 6.18 Å². The van der Waals surface area contributed by atoms with Crippen LogP contribution in [0.5, 0.6) is 0 Å². The molecule has 1 fully saturated rings. The highest BCUT2D eigenvalue weighted by molar-refractivity contribution is 5.83. The number of carbonyl (C=O) groups excluding carboxylic acids is 1. The molecule has 0 aromatic rings. The minimum atomic E-state index is -4.30. The number of likely N-dealkylation sites (N-methyl/N-ethyl adjacent to an activating group) is 1. The molecule has 0 radical (unpaired) electrons. The van der Waals surface area contributed by atoms with Gasteiger partial charge in [0, 0.05) is 26.7 Å². The second-order valence-electron chi connectivity index (χ2n) is 3.94. The second-order valence-corrected chi connectivity index (χ2v) is 3.94. The molecule has 4 nitrogen and oxygen atoms in total. The lowest BCUT2D eigenvalue weighted by Crippen LogP contribution is -2.47. The van der Waals surface area contributed by atoms with Crippen LogP contribution in [-0.2, 0) is 4.79 Å². The summed E-state index contributed by atoms with van der Waals surface area (Å²) >= 11 is 0. The normalized spacial score (nSPS) is 22.2. The molecule has 94 valence electrons. The molecule has 1 unspecified atom stereocenters. The minimum Gasteiger partial charge on any atom is -0.344 e. The van der Waals surface area contributed by atoms with Crippen molar-refractivity contribution in [3.63, 3.8) is 0 Å². The van der Waals surface area contributed by atoms with Gasteiger partial charge in [-0.25, -0.2) is 0 Å². The Morgan fingerprint density at radius 3 is 2.56 bits per heavy atom. The molecule has 1 saturated heterocycles. The van der Waals surface area contributed by atoms with Gasteiger partial charge in [-0.15, -0.1) is 0 Å². The summed E-state index contributed by atoms with van der Waals surface area (Å²) in [5, 5.41) is 0. The summed E-state index contributed by atoms with van der Waals surface area (Å²) in [6, 6.07) is -0.671. The molecule has 0 aromatic heterocycles. The van der Waals surface area contributed by atoms with Crippen LogP contribution in [0.3, 0.4) is 0 Å². The molecule has 1 aliphatic heterocycles. The van der Waals surface area contributed by atoms with Crippen molar-refractivity contribution < 1.29 is 18.0 Å². The molecular weight excluding hydrogens is 223 g/mol. The Hall–Kier alpha value is -0.820. The van der Waals surface area contributed by atoms with E-state index in [-0.39, 0.29) is 19.0 Å². The van der Waals surface area contributed by atoms with Crippen molar-refractivity contribution in [2.75, 3.05) is 33.2 Å². The van der Waals surface area contributed by atoms with Gasteiger partial charge in [-0.3, -0.25) is 9.69 Å². The van der Waals surface area contributed by atoms with Crippen LogP contribution in [0, 0.1) is 0 Å². The van der Waals surface area contributed by atoms with E-state index in [4.69, 9.17) is 5.73 Å². The fourth-order valence-corrected chi connectivity index (χ4v) is 1.88. The van der Waals surface area contributed by atoms with Crippen molar-refractivity contribution in [1.29, 1.82) is 0 Å². The Balaban J connectivity index is 2.66. The molecule has 2 N–H and O–H groups in total. The maximum atomic E-state index is 12.3. The first-order chi connectivity index (χ1) is 7.35. The Morgan fingerprint density at radius 2 is 2.19 bits per heavy atom. The number of carbonyl (C=O) groups is 1. The highest BCUT2D eigenvalue weighted by Gasteiger charge is 2.39. The Bertz CT molecular complexity index is 257. The van der Waals surface area contributed by atoms with Gasteiger partial charge in [-0.1, -0.05) is 0 Å². The lowest BCUT2D eigenvalue weighted by atomic mass is 10.2. The number of amides is 1. The summed E-state index contributed by atoms with van der Waals surface area (Å²) in [6.45, 7) is -0.371. The molecule has 1 aliphatic rings. The quantitative estimate of drug-likeness (QED) is 0.753. The number of hydrogen-bond donors (Lipinski definition) is 1. The number of halogens is 3. The third kappa shape index (κ3) is 3.34. The van der Waals surface area contributed by atoms with Gasteiger partial charge in [-0.05, 0) is 6.42 Å². The number of nitrogens with two attached hydrogens (primary N) is 1. The van der Waals surface area contributed by atoms with E-state index in [9.17, 15) is 18.0 Å². The summed E-state index contributed by atoms with van der Waals surface area (Å²) in [7, 11) is 1.59. The fraction of sp³-hybridized carbons (Fsp3) is 0.889. The standard InChI is InChI=1S/C9H16F3N3O/c1-14-4-2-7(8(14)16)15(5-3-13)6-9(10,11)12/h7H,2-6,13H2,1H3. The van der Waals surface area contributed by atoms with Crippen molar-refractivity contribution >= 4 is 5.91 Å². The van der Waals surface area contributed by atoms with E-state index in [0.29, 0.717) is 13.0 Å². The fourth-order valence-electron chi connectivity index (χ4n) is 1.88. The van der Waals surface area contributed by atoms with Crippen molar-refractivity contribution in [3.05, 3.63) is 0 Å². The van der Waals surface area contributed by atoms with Gasteiger partial charge in [0.1, 0.15) is 0 Å². The molecule has 1 rings (SSSR count). The number of rotatable bonds is 4. The Kier molecular flexibility index (Phi) is 4.15. The van der Waals surface area contributed by atoms with Crippen molar-refractivity contribution in [3.8, 4) is 0 Å². The van der Waals surface area contributed by atoms with Crippen LogP contribution in [0.1, 0.15) is 6.42 Å². The first-order valence-corrected chi connectivity index (χ1v) is 5.11. The molecule has 0 spiro atoms. The van der Waals surface area contributed by atoms with Crippen LogP contribution >= 0.6 is 0 Å². The second kappa shape index (κ2) is 5.01. The zero-order valence-electron chi connectivity index (χ0n) is 9.13. The molecule has 0 aliphatic carbocycles. The molecule has 0 saturated carbocycles. The van der Waals surface area contributed by atoms with Crippen molar-refractivity contribution in [2.24, 2.45) is 5.73 Å². The summed E-state index contributed by atoms with van der Waals surface area (Å²) in [4.78, 5) is 14.1. The number of hydrogen-bond acceptors (Lipinski definition) is 3. The predicted molar refractivity (Wildman–Crippen MR) is 52.7 cm³/mol. The smallest absolute Gasteiger partial charge is 0.344 e. The molecule has 0 aromatic carbocycles. The monoisotopic (exact) mass is 239 g/mol. The van der Waals surface area contributed by atoms with Crippen LogP contribution in [0.25, 0.3) is 0 Å². The maximum absolute atomic E-state index is 12.3. The van der Waals surface area contributed by atoms with E-state index in [1.807, 2.05) is 0 Å². The lowest BCUT2D eigenvalue weighted by Gasteiger charge is -2.27. The van der Waals surface area contributed by atoms with Gasteiger partial charge in [0.25, 0.3) is 0 Å². The summed E-state index contributed by atoms with van der Waals surface area (Å²) in [6.07, 6.45) is -3.86. The van der Waals surface area contributed by atoms with E-state index >= 15 is 0 Å². The van der Waals surface area contributed by atoms with Gasteiger partial charge in [-0.2, -0.15) is 13.2 Å². The van der Waals surface area contributed by atoms with E-state index in [1.165, 1.54) is 4.90 Å². The van der Waals surface area contributed by atoms with E-state index in [1.54, 1.807) is 7.05 Å². The average molecular weight is 239 g/mol. The maximum Gasteiger partial charge on any atom is 0.401 e.